The van der Waals surface area contributed by atoms with Gasteiger partial charge in [-0.1, -0.05) is 30.4 Å². The van der Waals surface area contributed by atoms with Crippen molar-refractivity contribution < 1.29 is 4.79 Å². The number of aryl methyl sites for hydroxylation is 1. The molecule has 2 heteroatoms. The molecule has 0 heterocycles. The molecule has 0 aliphatic heterocycles. The number of thiol groups is 1. The molecule has 1 aromatic carbocycles. The minimum atomic E-state index is 0.282. The largest absolute Gasteiger partial charge is 0.294 e. The van der Waals surface area contributed by atoms with Crippen LogP contribution in [0.5, 0.6) is 0 Å². The molecule has 0 saturated carbocycles. The summed E-state index contributed by atoms with van der Waals surface area (Å²) in [5.74, 6) is 1.03. The van der Waals surface area contributed by atoms with Gasteiger partial charge >= 0.3 is 0 Å². The summed E-state index contributed by atoms with van der Waals surface area (Å²) in [6.45, 7) is 0. The van der Waals surface area contributed by atoms with Crippen LogP contribution in [0.3, 0.4) is 0 Å². The molecule has 1 nitrogen and oxygen atoms in total. The molecule has 0 saturated heterocycles. The molecule has 1 aromatic rings. The third-order valence-electron chi connectivity index (χ3n) is 2.47. The van der Waals surface area contributed by atoms with Crippen LogP contribution < -0.4 is 0 Å². The lowest BCUT2D eigenvalue weighted by Gasteiger charge is -1.98. The summed E-state index contributed by atoms with van der Waals surface area (Å²) in [6.07, 6.45) is 5.61. The Morgan fingerprint density at radius 1 is 1.36 bits per heavy atom. The molecule has 1 aliphatic carbocycles. The summed E-state index contributed by atoms with van der Waals surface area (Å²) in [5.41, 5.74) is 3.26. The van der Waals surface area contributed by atoms with Gasteiger partial charge in [-0.25, -0.2) is 0 Å². The van der Waals surface area contributed by atoms with E-state index in [9.17, 15) is 4.79 Å². The maximum absolute atomic E-state index is 11.4. The fourth-order valence-electron chi connectivity index (χ4n) is 1.77. The van der Waals surface area contributed by atoms with Crippen molar-refractivity contribution >= 4 is 24.5 Å². The zero-order chi connectivity index (χ0) is 9.97. The quantitative estimate of drug-likeness (QED) is 0.733. The Morgan fingerprint density at radius 3 is 3.00 bits per heavy atom. The number of hydrogen-bond donors (Lipinski definition) is 1. The molecule has 0 bridgehead atoms. The second-order valence-corrected chi connectivity index (χ2v) is 3.79. The van der Waals surface area contributed by atoms with Crippen LogP contribution in [0.2, 0.25) is 0 Å². The molecule has 0 radical (unpaired) electrons. The van der Waals surface area contributed by atoms with E-state index in [0.29, 0.717) is 6.42 Å². The number of rotatable bonds is 2. The predicted molar refractivity (Wildman–Crippen MR) is 62.0 cm³/mol. The third-order valence-corrected chi connectivity index (χ3v) is 2.68. The van der Waals surface area contributed by atoms with Gasteiger partial charge in [0.15, 0.2) is 5.78 Å². The molecule has 0 aromatic heterocycles. The smallest absolute Gasteiger partial charge is 0.163 e. The summed E-state index contributed by atoms with van der Waals surface area (Å²) in [4.78, 5) is 11.4. The second kappa shape index (κ2) is 4.01. The van der Waals surface area contributed by atoms with Crippen molar-refractivity contribution in [3.8, 4) is 0 Å². The van der Waals surface area contributed by atoms with Crippen LogP contribution in [0.1, 0.15) is 27.9 Å². The van der Waals surface area contributed by atoms with Crippen LogP contribution in [-0.4, -0.2) is 11.5 Å². The van der Waals surface area contributed by atoms with Gasteiger partial charge in [0.2, 0.25) is 0 Å². The Labute approximate surface area is 89.2 Å². The summed E-state index contributed by atoms with van der Waals surface area (Å²) in [5, 5.41) is 0. The number of hydrogen-bond acceptors (Lipinski definition) is 2. The number of benzene rings is 1. The third kappa shape index (κ3) is 1.75. The molecule has 2 rings (SSSR count). The SMILES string of the molecule is O=C1CCc2cc(C=CCS)ccc21. The van der Waals surface area contributed by atoms with Gasteiger partial charge in [-0.05, 0) is 17.5 Å². The van der Waals surface area contributed by atoms with E-state index in [2.05, 4.69) is 18.7 Å². The molecule has 0 N–H and O–H groups in total. The lowest BCUT2D eigenvalue weighted by molar-refractivity contribution is 0.0994. The van der Waals surface area contributed by atoms with E-state index >= 15 is 0 Å². The van der Waals surface area contributed by atoms with Gasteiger partial charge in [0.25, 0.3) is 0 Å². The van der Waals surface area contributed by atoms with E-state index in [1.807, 2.05) is 24.3 Å². The highest BCUT2D eigenvalue weighted by Gasteiger charge is 2.18. The van der Waals surface area contributed by atoms with Gasteiger partial charge < -0.3 is 0 Å². The average molecular weight is 204 g/mol. The molecular formula is C12H12OS. The number of carbonyl (C=O) groups excluding carboxylic acids is 1. The standard InChI is InChI=1S/C12H12OS/c13-12-6-4-10-8-9(2-1-7-14)3-5-11(10)12/h1-3,5,8,14H,4,6-7H2. The maximum atomic E-state index is 11.4. The van der Waals surface area contributed by atoms with Crippen molar-refractivity contribution in [2.45, 2.75) is 12.8 Å². The van der Waals surface area contributed by atoms with Gasteiger partial charge in [-0.3, -0.25) is 4.79 Å². The first-order chi connectivity index (χ1) is 6.81. The highest BCUT2D eigenvalue weighted by atomic mass is 32.1. The first-order valence-corrected chi connectivity index (χ1v) is 5.38. The molecule has 0 unspecified atom stereocenters. The van der Waals surface area contributed by atoms with E-state index < -0.39 is 0 Å². The van der Waals surface area contributed by atoms with Crippen molar-refractivity contribution in [3.63, 3.8) is 0 Å². The Morgan fingerprint density at radius 2 is 2.21 bits per heavy atom. The lowest BCUT2D eigenvalue weighted by Crippen LogP contribution is -1.90. The van der Waals surface area contributed by atoms with Gasteiger partial charge in [-0.2, -0.15) is 12.6 Å². The first kappa shape index (κ1) is 9.53. The van der Waals surface area contributed by atoms with E-state index in [1.165, 1.54) is 5.56 Å². The van der Waals surface area contributed by atoms with Crippen LogP contribution in [0.15, 0.2) is 24.3 Å². The van der Waals surface area contributed by atoms with Crippen LogP contribution >= 0.6 is 12.6 Å². The summed E-state index contributed by atoms with van der Waals surface area (Å²) >= 11 is 4.11. The van der Waals surface area contributed by atoms with Crippen molar-refractivity contribution in [3.05, 3.63) is 41.0 Å². The zero-order valence-corrected chi connectivity index (χ0v) is 8.76. The van der Waals surface area contributed by atoms with Gasteiger partial charge in [0.05, 0.1) is 0 Å². The highest BCUT2D eigenvalue weighted by Crippen LogP contribution is 2.23. The zero-order valence-electron chi connectivity index (χ0n) is 7.86. The Bertz CT molecular complexity index is 393. The summed E-state index contributed by atoms with van der Waals surface area (Å²) in [6, 6.07) is 6.02. The fourth-order valence-corrected chi connectivity index (χ4v) is 1.87. The molecule has 0 atom stereocenters. The fraction of sp³-hybridized carbons (Fsp3) is 0.250. The van der Waals surface area contributed by atoms with Crippen molar-refractivity contribution in [1.82, 2.24) is 0 Å². The topological polar surface area (TPSA) is 17.1 Å². The number of carbonyl (C=O) groups is 1. The van der Waals surface area contributed by atoms with Crippen molar-refractivity contribution in [2.75, 3.05) is 5.75 Å². The highest BCUT2D eigenvalue weighted by molar-refractivity contribution is 7.80. The van der Waals surface area contributed by atoms with E-state index in [4.69, 9.17) is 0 Å². The van der Waals surface area contributed by atoms with Crippen molar-refractivity contribution in [1.29, 1.82) is 0 Å². The van der Waals surface area contributed by atoms with Crippen LogP contribution in [-0.2, 0) is 6.42 Å². The first-order valence-electron chi connectivity index (χ1n) is 4.75. The van der Waals surface area contributed by atoms with Crippen LogP contribution in [0.4, 0.5) is 0 Å². The molecule has 72 valence electrons. The number of ketones is 1. The van der Waals surface area contributed by atoms with Crippen LogP contribution in [0, 0.1) is 0 Å². The van der Waals surface area contributed by atoms with Gasteiger partial charge in [0, 0.05) is 17.7 Å². The van der Waals surface area contributed by atoms with Gasteiger partial charge in [-0.15, -0.1) is 0 Å². The Kier molecular flexibility index (Phi) is 2.73. The molecule has 0 spiro atoms. The molecule has 14 heavy (non-hydrogen) atoms. The Balaban J connectivity index is 2.32. The average Bonchev–Trinajstić information content (AvgIpc) is 2.57. The minimum Gasteiger partial charge on any atom is -0.294 e. The van der Waals surface area contributed by atoms with Crippen LogP contribution in [0.25, 0.3) is 6.08 Å². The number of Topliss-reactive ketones (excluding diaryl/α,β-unsaturated/α-hetero) is 1. The molecular weight excluding hydrogens is 192 g/mol. The summed E-state index contributed by atoms with van der Waals surface area (Å²) < 4.78 is 0. The van der Waals surface area contributed by atoms with Crippen molar-refractivity contribution in [2.24, 2.45) is 0 Å². The van der Waals surface area contributed by atoms with E-state index in [1.54, 1.807) is 0 Å². The number of fused-ring (bicyclic) bond motifs is 1. The molecule has 0 fully saturated rings. The second-order valence-electron chi connectivity index (χ2n) is 3.42. The minimum absolute atomic E-state index is 0.282. The van der Waals surface area contributed by atoms with E-state index in [0.717, 1.165) is 23.3 Å². The predicted octanol–water partition coefficient (Wildman–Crippen LogP) is 2.76. The molecule has 1 aliphatic rings. The van der Waals surface area contributed by atoms with E-state index in [-0.39, 0.29) is 5.78 Å². The lowest BCUT2D eigenvalue weighted by atomic mass is 10.1. The summed E-state index contributed by atoms with van der Waals surface area (Å²) in [7, 11) is 0. The maximum Gasteiger partial charge on any atom is 0.163 e. The normalized spacial score (nSPS) is 15.1. The monoisotopic (exact) mass is 204 g/mol. The Hall–Kier alpha value is -1.02. The molecule has 0 amide bonds. The van der Waals surface area contributed by atoms with Gasteiger partial charge in [0.1, 0.15) is 0 Å².